The van der Waals surface area contributed by atoms with Gasteiger partial charge in [0.05, 0.1) is 6.10 Å². The number of β-amino-alcohol motifs (C(OH)–C–C–N with tert-alkyl or cyclic N) is 1. The van der Waals surface area contributed by atoms with E-state index in [9.17, 15) is 18.3 Å². The van der Waals surface area contributed by atoms with Crippen LogP contribution in [0.1, 0.15) is 30.3 Å². The molecule has 8 nitrogen and oxygen atoms in total. The summed E-state index contributed by atoms with van der Waals surface area (Å²) in [5, 5.41) is 15.7. The van der Waals surface area contributed by atoms with Crippen LogP contribution >= 0.6 is 0 Å². The van der Waals surface area contributed by atoms with Gasteiger partial charge in [0.25, 0.3) is 5.91 Å². The van der Waals surface area contributed by atoms with E-state index in [-0.39, 0.29) is 16.7 Å². The molecule has 3 N–H and O–H groups in total. The molecule has 3 atom stereocenters. The number of aromatic nitrogens is 1. The summed E-state index contributed by atoms with van der Waals surface area (Å²) in [6, 6.07) is 1.44. The Morgan fingerprint density at radius 1 is 1.42 bits per heavy atom. The molecule has 0 bridgehead atoms. The molecule has 0 spiro atoms. The Balaban J connectivity index is 1.70. The smallest absolute Gasteiger partial charge is 0.267 e. The molecular weight excluding hydrogens is 356 g/mol. The molecule has 0 radical (unpaired) electrons. The van der Waals surface area contributed by atoms with Crippen LogP contribution in [0.2, 0.25) is 0 Å². The number of nitrogens with one attached hydrogen (secondary N) is 2. The van der Waals surface area contributed by atoms with Gasteiger partial charge < -0.3 is 20.3 Å². The van der Waals surface area contributed by atoms with Crippen LogP contribution in [0, 0.1) is 11.8 Å². The minimum absolute atomic E-state index is 0.0303. The molecule has 2 saturated heterocycles. The van der Waals surface area contributed by atoms with E-state index in [1.807, 2.05) is 0 Å². The van der Waals surface area contributed by atoms with Gasteiger partial charge in [-0.25, -0.2) is 8.42 Å². The van der Waals surface area contributed by atoms with Crippen molar-refractivity contribution >= 4 is 15.9 Å². The molecule has 0 aromatic carbocycles. The molecule has 26 heavy (non-hydrogen) atoms. The summed E-state index contributed by atoms with van der Waals surface area (Å²) in [5.41, 5.74) is 0.300. The van der Waals surface area contributed by atoms with Gasteiger partial charge in [-0.1, -0.05) is 6.92 Å². The first-order valence-corrected chi connectivity index (χ1v) is 10.6. The van der Waals surface area contributed by atoms with Crippen molar-refractivity contribution in [3.05, 3.63) is 18.0 Å². The molecule has 1 amide bonds. The molecule has 2 fully saturated rings. The summed E-state index contributed by atoms with van der Waals surface area (Å²) >= 11 is 0. The van der Waals surface area contributed by atoms with E-state index in [0.717, 1.165) is 12.8 Å². The van der Waals surface area contributed by atoms with Crippen molar-refractivity contribution in [3.63, 3.8) is 0 Å². The number of amides is 1. The lowest BCUT2D eigenvalue weighted by molar-refractivity contribution is 0.0919. The average molecular weight is 385 g/mol. The van der Waals surface area contributed by atoms with E-state index >= 15 is 0 Å². The van der Waals surface area contributed by atoms with Crippen molar-refractivity contribution in [2.24, 2.45) is 18.9 Å². The fourth-order valence-corrected chi connectivity index (χ4v) is 5.33. The summed E-state index contributed by atoms with van der Waals surface area (Å²) in [6.45, 7) is 4.63. The van der Waals surface area contributed by atoms with Crippen LogP contribution in [0.25, 0.3) is 0 Å². The maximum Gasteiger partial charge on any atom is 0.267 e. The molecule has 3 heterocycles. The van der Waals surface area contributed by atoms with E-state index in [4.69, 9.17) is 0 Å². The lowest BCUT2D eigenvalue weighted by atomic mass is 10.0. The highest BCUT2D eigenvalue weighted by atomic mass is 32.2. The Morgan fingerprint density at radius 3 is 2.85 bits per heavy atom. The highest BCUT2D eigenvalue weighted by Gasteiger charge is 2.31. The number of carbonyl (C=O) groups excluding carboxylic acids is 1. The second-order valence-corrected chi connectivity index (χ2v) is 9.42. The van der Waals surface area contributed by atoms with E-state index < -0.39 is 16.1 Å². The van der Waals surface area contributed by atoms with Crippen molar-refractivity contribution in [2.75, 3.05) is 32.7 Å². The largest absolute Gasteiger partial charge is 0.391 e. The first-order chi connectivity index (χ1) is 12.3. The Kier molecular flexibility index (Phi) is 5.71. The zero-order chi connectivity index (χ0) is 18.9. The maximum absolute atomic E-state index is 12.9. The second kappa shape index (κ2) is 7.67. The SMILES string of the molecule is CC1CCCN(S(=O)(=O)c2cc(C(=O)NCC3CNCC3O)n(C)c2)C1. The second-order valence-electron chi connectivity index (χ2n) is 7.48. The van der Waals surface area contributed by atoms with Gasteiger partial charge in [0.15, 0.2) is 0 Å². The fourth-order valence-electron chi connectivity index (χ4n) is 3.66. The molecule has 0 saturated carbocycles. The number of nitrogens with zero attached hydrogens (tertiary/aromatic N) is 2. The van der Waals surface area contributed by atoms with Crippen molar-refractivity contribution in [1.82, 2.24) is 19.5 Å². The lowest BCUT2D eigenvalue weighted by Gasteiger charge is -2.29. The minimum atomic E-state index is -3.59. The van der Waals surface area contributed by atoms with E-state index in [1.54, 1.807) is 11.6 Å². The van der Waals surface area contributed by atoms with Gasteiger partial charge in [-0.15, -0.1) is 0 Å². The van der Waals surface area contributed by atoms with Crippen molar-refractivity contribution in [2.45, 2.75) is 30.8 Å². The zero-order valence-corrected chi connectivity index (χ0v) is 16.1. The van der Waals surface area contributed by atoms with E-state index in [0.29, 0.717) is 44.3 Å². The van der Waals surface area contributed by atoms with E-state index in [1.165, 1.54) is 16.6 Å². The summed E-state index contributed by atoms with van der Waals surface area (Å²) in [4.78, 5) is 12.6. The molecule has 146 valence electrons. The number of carbonyl (C=O) groups is 1. The monoisotopic (exact) mass is 384 g/mol. The third-order valence-corrected chi connectivity index (χ3v) is 7.13. The molecule has 9 heteroatoms. The van der Waals surface area contributed by atoms with Gasteiger partial charge in [0.2, 0.25) is 10.0 Å². The highest BCUT2D eigenvalue weighted by Crippen LogP contribution is 2.24. The van der Waals surface area contributed by atoms with Crippen LogP contribution in [0.15, 0.2) is 17.2 Å². The van der Waals surface area contributed by atoms with Crippen molar-refractivity contribution in [1.29, 1.82) is 0 Å². The van der Waals surface area contributed by atoms with Gasteiger partial charge in [-0.3, -0.25) is 4.79 Å². The summed E-state index contributed by atoms with van der Waals surface area (Å²) in [5.74, 6) is -0.0197. The standard InChI is InChI=1S/C17H28N4O4S/c1-12-4-3-5-21(10-12)26(24,25)14-6-15(20(2)11-14)17(23)19-8-13-7-18-9-16(13)22/h6,11-13,16,18,22H,3-5,7-10H2,1-2H3,(H,19,23). The number of aryl methyl sites for hydroxylation is 1. The van der Waals surface area contributed by atoms with Gasteiger partial charge in [0.1, 0.15) is 10.6 Å². The molecule has 3 unspecified atom stereocenters. The topological polar surface area (TPSA) is 104 Å². The lowest BCUT2D eigenvalue weighted by Crippen LogP contribution is -2.38. The maximum atomic E-state index is 12.9. The number of piperidine rings is 1. The molecule has 1 aromatic rings. The van der Waals surface area contributed by atoms with Crippen LogP contribution in [-0.2, 0) is 17.1 Å². The highest BCUT2D eigenvalue weighted by molar-refractivity contribution is 7.89. The summed E-state index contributed by atoms with van der Waals surface area (Å²) in [6.07, 6.45) is 2.92. The van der Waals surface area contributed by atoms with Gasteiger partial charge in [0, 0.05) is 51.9 Å². The normalized spacial score (nSPS) is 27.6. The van der Waals surface area contributed by atoms with Crippen LogP contribution in [-0.4, -0.2) is 67.1 Å². The minimum Gasteiger partial charge on any atom is -0.391 e. The van der Waals surface area contributed by atoms with Gasteiger partial charge >= 0.3 is 0 Å². The molecule has 3 rings (SSSR count). The predicted molar refractivity (Wildman–Crippen MR) is 97.3 cm³/mol. The van der Waals surface area contributed by atoms with Crippen LogP contribution in [0.3, 0.4) is 0 Å². The number of rotatable bonds is 5. The van der Waals surface area contributed by atoms with Gasteiger partial charge in [-0.05, 0) is 24.8 Å². The zero-order valence-electron chi connectivity index (χ0n) is 15.3. The van der Waals surface area contributed by atoms with Gasteiger partial charge in [-0.2, -0.15) is 4.31 Å². The molecule has 2 aliphatic heterocycles. The Hall–Kier alpha value is -1.42. The fraction of sp³-hybridized carbons (Fsp3) is 0.706. The number of aliphatic hydroxyl groups excluding tert-OH is 1. The third-order valence-electron chi connectivity index (χ3n) is 5.30. The number of sulfonamides is 1. The van der Waals surface area contributed by atoms with E-state index in [2.05, 4.69) is 17.6 Å². The Morgan fingerprint density at radius 2 is 2.19 bits per heavy atom. The van der Waals surface area contributed by atoms with Crippen LogP contribution in [0.4, 0.5) is 0 Å². The number of aliphatic hydroxyl groups is 1. The van der Waals surface area contributed by atoms with Crippen molar-refractivity contribution in [3.8, 4) is 0 Å². The molecular formula is C17H28N4O4S. The molecule has 0 aliphatic carbocycles. The predicted octanol–water partition coefficient (Wildman–Crippen LogP) is -0.244. The Labute approximate surface area is 154 Å². The Bertz CT molecular complexity index is 761. The first-order valence-electron chi connectivity index (χ1n) is 9.12. The average Bonchev–Trinajstić information content (AvgIpc) is 3.19. The van der Waals surface area contributed by atoms with Crippen LogP contribution in [0.5, 0.6) is 0 Å². The first kappa shape index (κ1) is 19.3. The molecule has 1 aromatic heterocycles. The third kappa shape index (κ3) is 3.95. The molecule has 2 aliphatic rings. The quantitative estimate of drug-likeness (QED) is 0.650. The summed E-state index contributed by atoms with van der Waals surface area (Å²) < 4.78 is 28.8. The number of hydrogen-bond donors (Lipinski definition) is 3. The number of hydrogen-bond acceptors (Lipinski definition) is 5. The summed E-state index contributed by atoms with van der Waals surface area (Å²) in [7, 11) is -1.92. The van der Waals surface area contributed by atoms with Crippen LogP contribution < -0.4 is 10.6 Å². The van der Waals surface area contributed by atoms with Crippen molar-refractivity contribution < 1.29 is 18.3 Å².